The first-order valence-electron chi connectivity index (χ1n) is 8.42. The Hall–Kier alpha value is -2.59. The molecule has 0 saturated heterocycles. The third-order valence-corrected chi connectivity index (χ3v) is 4.26. The zero-order chi connectivity index (χ0) is 17.8. The lowest BCUT2D eigenvalue weighted by Crippen LogP contribution is -2.21. The van der Waals surface area contributed by atoms with Crippen LogP contribution in [0.2, 0.25) is 0 Å². The number of hydrogen-bond acceptors (Lipinski definition) is 4. The normalized spacial score (nSPS) is 12.3. The van der Waals surface area contributed by atoms with Crippen molar-refractivity contribution in [3.63, 3.8) is 0 Å². The van der Waals surface area contributed by atoms with Crippen LogP contribution in [-0.2, 0) is 4.74 Å². The Balaban J connectivity index is 2.07. The molecule has 0 amide bonds. The molecule has 1 atom stereocenters. The third-order valence-electron chi connectivity index (χ3n) is 4.26. The van der Waals surface area contributed by atoms with Crippen molar-refractivity contribution in [1.82, 2.24) is 0 Å². The molecule has 0 aliphatic rings. The van der Waals surface area contributed by atoms with Gasteiger partial charge in [0.05, 0.1) is 6.61 Å². The molecule has 130 valence electrons. The number of aryl methyl sites for hydroxylation is 1. The molecular formula is C21H22O4. The highest BCUT2D eigenvalue weighted by atomic mass is 16.5. The minimum Gasteiger partial charge on any atom is -0.488 e. The lowest BCUT2D eigenvalue weighted by atomic mass is 9.98. The Labute approximate surface area is 147 Å². The molecule has 0 bridgehead atoms. The molecule has 4 nitrogen and oxygen atoms in total. The van der Waals surface area contributed by atoms with Crippen LogP contribution in [0.25, 0.3) is 22.1 Å². The smallest absolute Gasteiger partial charge is 0.336 e. The summed E-state index contributed by atoms with van der Waals surface area (Å²) in [7, 11) is 1.65. The fourth-order valence-electron chi connectivity index (χ4n) is 2.93. The standard InChI is InChI=1S/C21H22O4/c1-4-15(13-23-3)24-16-9-10-18-19(12-21(22)25-20(18)11-16)17-8-6-5-7-14(17)2/h5-12,15H,4,13H2,1-3H3/t15-/m0/s1. The van der Waals surface area contributed by atoms with Crippen molar-refractivity contribution in [1.29, 1.82) is 0 Å². The SMILES string of the molecule is CC[C@@H](COC)Oc1ccc2c(-c3ccccc3C)cc(=O)oc2c1. The Bertz CT molecular complexity index is 927. The second kappa shape index (κ2) is 7.53. The first-order chi connectivity index (χ1) is 12.1. The molecule has 0 aliphatic carbocycles. The molecule has 4 heteroatoms. The van der Waals surface area contributed by atoms with Crippen LogP contribution in [0.5, 0.6) is 5.75 Å². The average Bonchev–Trinajstić information content (AvgIpc) is 2.61. The molecule has 0 radical (unpaired) electrons. The van der Waals surface area contributed by atoms with Crippen molar-refractivity contribution in [3.05, 3.63) is 64.5 Å². The maximum absolute atomic E-state index is 12.1. The zero-order valence-electron chi connectivity index (χ0n) is 14.7. The topological polar surface area (TPSA) is 48.7 Å². The summed E-state index contributed by atoms with van der Waals surface area (Å²) in [6.07, 6.45) is 0.799. The predicted octanol–water partition coefficient (Wildman–Crippen LogP) is 4.57. The molecule has 1 heterocycles. The summed E-state index contributed by atoms with van der Waals surface area (Å²) in [4.78, 5) is 12.1. The maximum Gasteiger partial charge on any atom is 0.336 e. The fraction of sp³-hybridized carbons (Fsp3) is 0.286. The summed E-state index contributed by atoms with van der Waals surface area (Å²) in [5.74, 6) is 0.668. The van der Waals surface area contributed by atoms with Crippen LogP contribution in [0.4, 0.5) is 0 Å². The minimum absolute atomic E-state index is 0.0336. The average molecular weight is 338 g/mol. The summed E-state index contributed by atoms with van der Waals surface area (Å²) < 4.78 is 16.5. The molecule has 3 aromatic rings. The van der Waals surface area contributed by atoms with E-state index in [1.54, 1.807) is 19.2 Å². The number of ether oxygens (including phenoxy) is 2. The van der Waals surface area contributed by atoms with Crippen LogP contribution >= 0.6 is 0 Å². The van der Waals surface area contributed by atoms with Crippen LogP contribution in [0.15, 0.2) is 57.7 Å². The van der Waals surface area contributed by atoms with Crippen LogP contribution in [0.1, 0.15) is 18.9 Å². The lowest BCUT2D eigenvalue weighted by Gasteiger charge is -2.17. The number of benzene rings is 2. The maximum atomic E-state index is 12.1. The quantitative estimate of drug-likeness (QED) is 0.618. The van der Waals surface area contributed by atoms with E-state index in [0.717, 1.165) is 28.5 Å². The molecular weight excluding hydrogens is 316 g/mol. The van der Waals surface area contributed by atoms with Crippen molar-refractivity contribution in [3.8, 4) is 16.9 Å². The molecule has 0 unspecified atom stereocenters. The highest BCUT2D eigenvalue weighted by Crippen LogP contribution is 2.31. The van der Waals surface area contributed by atoms with Gasteiger partial charge >= 0.3 is 5.63 Å². The van der Waals surface area contributed by atoms with Crippen LogP contribution < -0.4 is 10.4 Å². The number of methoxy groups -OCH3 is 1. The summed E-state index contributed by atoms with van der Waals surface area (Å²) in [5.41, 5.74) is 3.17. The molecule has 0 spiro atoms. The molecule has 25 heavy (non-hydrogen) atoms. The number of fused-ring (bicyclic) bond motifs is 1. The Kier molecular flexibility index (Phi) is 5.19. The summed E-state index contributed by atoms with van der Waals surface area (Å²) in [5, 5.41) is 0.890. The van der Waals surface area contributed by atoms with Gasteiger partial charge in [0.1, 0.15) is 17.4 Å². The number of rotatable bonds is 6. The third kappa shape index (κ3) is 3.74. The van der Waals surface area contributed by atoms with Gasteiger partial charge in [-0.1, -0.05) is 31.2 Å². The highest BCUT2D eigenvalue weighted by molar-refractivity contribution is 5.94. The van der Waals surface area contributed by atoms with Crippen molar-refractivity contribution in [2.24, 2.45) is 0 Å². The van der Waals surface area contributed by atoms with Crippen molar-refractivity contribution in [2.45, 2.75) is 26.4 Å². The van der Waals surface area contributed by atoms with Crippen molar-refractivity contribution >= 4 is 11.0 Å². The monoisotopic (exact) mass is 338 g/mol. The van der Waals surface area contributed by atoms with Gasteiger partial charge in [-0.2, -0.15) is 0 Å². The summed E-state index contributed by atoms with van der Waals surface area (Å²) in [6, 6.07) is 15.2. The Morgan fingerprint density at radius 3 is 2.60 bits per heavy atom. The van der Waals surface area contributed by atoms with E-state index in [-0.39, 0.29) is 11.7 Å². The zero-order valence-corrected chi connectivity index (χ0v) is 14.7. The van der Waals surface area contributed by atoms with E-state index in [1.165, 1.54) is 0 Å². The summed E-state index contributed by atoms with van der Waals surface area (Å²) >= 11 is 0. The Morgan fingerprint density at radius 2 is 1.88 bits per heavy atom. The minimum atomic E-state index is -0.369. The fourth-order valence-corrected chi connectivity index (χ4v) is 2.93. The van der Waals surface area contributed by atoms with E-state index >= 15 is 0 Å². The predicted molar refractivity (Wildman–Crippen MR) is 99.2 cm³/mol. The van der Waals surface area contributed by atoms with E-state index in [9.17, 15) is 4.79 Å². The Morgan fingerprint density at radius 1 is 1.08 bits per heavy atom. The van der Waals surface area contributed by atoms with Gasteiger partial charge in [-0.15, -0.1) is 0 Å². The van der Waals surface area contributed by atoms with Gasteiger partial charge in [0.15, 0.2) is 0 Å². The molecule has 0 N–H and O–H groups in total. The van der Waals surface area contributed by atoms with Crippen molar-refractivity contribution < 1.29 is 13.9 Å². The summed E-state index contributed by atoms with van der Waals surface area (Å²) in [6.45, 7) is 4.59. The molecule has 0 fully saturated rings. The van der Waals surface area contributed by atoms with Gasteiger partial charge in [-0.05, 0) is 36.6 Å². The van der Waals surface area contributed by atoms with Gasteiger partial charge < -0.3 is 13.9 Å². The van der Waals surface area contributed by atoms with Crippen LogP contribution in [0, 0.1) is 6.92 Å². The highest BCUT2D eigenvalue weighted by Gasteiger charge is 2.13. The largest absolute Gasteiger partial charge is 0.488 e. The number of hydrogen-bond donors (Lipinski definition) is 0. The van der Waals surface area contributed by atoms with Gasteiger partial charge in [0.25, 0.3) is 0 Å². The first kappa shape index (κ1) is 17.2. The van der Waals surface area contributed by atoms with Gasteiger partial charge in [0.2, 0.25) is 0 Å². The molecule has 0 saturated carbocycles. The van der Waals surface area contributed by atoms with Crippen LogP contribution in [-0.4, -0.2) is 19.8 Å². The second-order valence-corrected chi connectivity index (χ2v) is 6.06. The molecule has 2 aromatic carbocycles. The van der Waals surface area contributed by atoms with Gasteiger partial charge in [-0.3, -0.25) is 0 Å². The van der Waals surface area contributed by atoms with Gasteiger partial charge in [-0.25, -0.2) is 4.79 Å². The van der Waals surface area contributed by atoms with E-state index < -0.39 is 0 Å². The molecule has 3 rings (SSSR count). The van der Waals surface area contributed by atoms with E-state index in [2.05, 4.69) is 0 Å². The first-order valence-corrected chi connectivity index (χ1v) is 8.42. The van der Waals surface area contributed by atoms with Crippen molar-refractivity contribution in [2.75, 3.05) is 13.7 Å². The lowest BCUT2D eigenvalue weighted by molar-refractivity contribution is 0.0788. The van der Waals surface area contributed by atoms with E-state index in [0.29, 0.717) is 17.9 Å². The molecule has 0 aliphatic heterocycles. The van der Waals surface area contributed by atoms with E-state index in [1.807, 2.05) is 50.2 Å². The van der Waals surface area contributed by atoms with Crippen LogP contribution in [0.3, 0.4) is 0 Å². The second-order valence-electron chi connectivity index (χ2n) is 6.06. The van der Waals surface area contributed by atoms with E-state index in [4.69, 9.17) is 13.9 Å². The molecule has 1 aromatic heterocycles. The van der Waals surface area contributed by atoms with Gasteiger partial charge in [0, 0.05) is 30.2 Å².